The summed E-state index contributed by atoms with van der Waals surface area (Å²) in [5.41, 5.74) is 1.19. The Bertz CT molecular complexity index is 764. The number of carbonyl (C=O) groups is 1. The molecule has 0 radical (unpaired) electrons. The van der Waals surface area contributed by atoms with Crippen LogP contribution in [0.15, 0.2) is 36.7 Å². The molecule has 1 aromatic carbocycles. The lowest BCUT2D eigenvalue weighted by Gasteiger charge is -2.34. The monoisotopic (exact) mass is 399 g/mol. The van der Waals surface area contributed by atoms with E-state index < -0.39 is 0 Å². The minimum Gasteiger partial charge on any atom is -0.497 e. The normalized spacial score (nSPS) is 15.0. The molecule has 7 nitrogen and oxygen atoms in total. The number of piperazine rings is 1. The van der Waals surface area contributed by atoms with Crippen LogP contribution < -0.4 is 10.1 Å². The highest BCUT2D eigenvalue weighted by molar-refractivity contribution is 5.74. The number of ether oxygens (including phenoxy) is 1. The maximum Gasteiger partial charge on any atom is 0.317 e. The Labute approximate surface area is 173 Å². The van der Waals surface area contributed by atoms with Crippen molar-refractivity contribution in [2.75, 3.05) is 46.4 Å². The van der Waals surface area contributed by atoms with Gasteiger partial charge in [-0.3, -0.25) is 4.90 Å². The van der Waals surface area contributed by atoms with Crippen LogP contribution in [0.1, 0.15) is 31.2 Å². The smallest absolute Gasteiger partial charge is 0.317 e. The van der Waals surface area contributed by atoms with Crippen LogP contribution in [0.4, 0.5) is 4.79 Å². The first-order chi connectivity index (χ1) is 14.1. The van der Waals surface area contributed by atoms with E-state index in [1.165, 1.54) is 5.56 Å². The molecule has 1 aliphatic heterocycles. The van der Waals surface area contributed by atoms with Crippen LogP contribution in [0.5, 0.6) is 5.75 Å². The minimum atomic E-state index is 0.0369. The number of rotatable bonds is 8. The number of aromatic nitrogens is 2. The Morgan fingerprint density at radius 1 is 1.14 bits per heavy atom. The van der Waals surface area contributed by atoms with E-state index in [0.29, 0.717) is 12.5 Å². The van der Waals surface area contributed by atoms with Gasteiger partial charge in [0.1, 0.15) is 11.6 Å². The number of methoxy groups -OCH3 is 1. The van der Waals surface area contributed by atoms with Crippen LogP contribution in [-0.4, -0.2) is 71.8 Å². The van der Waals surface area contributed by atoms with Crippen LogP contribution in [0.2, 0.25) is 0 Å². The van der Waals surface area contributed by atoms with Gasteiger partial charge in [0.2, 0.25) is 0 Å². The molecule has 0 unspecified atom stereocenters. The lowest BCUT2D eigenvalue weighted by Crippen LogP contribution is -2.52. The second-order valence-electron chi connectivity index (χ2n) is 7.79. The van der Waals surface area contributed by atoms with Gasteiger partial charge in [0, 0.05) is 64.1 Å². The number of hydrogen-bond acceptors (Lipinski definition) is 4. The van der Waals surface area contributed by atoms with Gasteiger partial charge in [-0.1, -0.05) is 26.0 Å². The van der Waals surface area contributed by atoms with Crippen LogP contribution in [0.3, 0.4) is 0 Å². The first-order valence-electron chi connectivity index (χ1n) is 10.5. The maximum absolute atomic E-state index is 12.4. The average molecular weight is 400 g/mol. The van der Waals surface area contributed by atoms with E-state index in [4.69, 9.17) is 4.74 Å². The molecule has 1 fully saturated rings. The van der Waals surface area contributed by atoms with E-state index in [-0.39, 0.29) is 6.03 Å². The number of imidazole rings is 1. The Balaban J connectivity index is 1.35. The number of carbonyl (C=O) groups excluding carboxylic acids is 1. The van der Waals surface area contributed by atoms with Crippen LogP contribution in [-0.2, 0) is 13.0 Å². The minimum absolute atomic E-state index is 0.0369. The number of nitrogens with zero attached hydrogens (tertiary/aromatic N) is 4. The zero-order valence-corrected chi connectivity index (χ0v) is 17.8. The quantitative estimate of drug-likeness (QED) is 0.741. The first kappa shape index (κ1) is 21.2. The van der Waals surface area contributed by atoms with Gasteiger partial charge in [-0.15, -0.1) is 0 Å². The van der Waals surface area contributed by atoms with E-state index in [2.05, 4.69) is 39.8 Å². The summed E-state index contributed by atoms with van der Waals surface area (Å²) in [6, 6.07) is 8.01. The molecule has 0 aliphatic carbocycles. The zero-order chi connectivity index (χ0) is 20.6. The molecule has 1 aromatic heterocycles. The number of nitrogens with one attached hydrogen (secondary N) is 1. The summed E-state index contributed by atoms with van der Waals surface area (Å²) in [6.45, 7) is 10.3. The molecular weight excluding hydrogens is 366 g/mol. The SMILES string of the molecule is COc1ccc(CCNC(=O)N2CCN(CCn3ccnc3C(C)C)CC2)cc1. The molecule has 29 heavy (non-hydrogen) atoms. The third-order valence-electron chi connectivity index (χ3n) is 5.43. The first-order valence-corrected chi connectivity index (χ1v) is 10.5. The summed E-state index contributed by atoms with van der Waals surface area (Å²) < 4.78 is 7.41. The number of urea groups is 1. The molecule has 7 heteroatoms. The molecule has 1 saturated heterocycles. The molecule has 0 saturated carbocycles. The van der Waals surface area contributed by atoms with Crippen molar-refractivity contribution < 1.29 is 9.53 Å². The highest BCUT2D eigenvalue weighted by Crippen LogP contribution is 2.13. The largest absolute Gasteiger partial charge is 0.497 e. The van der Waals surface area contributed by atoms with Crippen LogP contribution >= 0.6 is 0 Å². The van der Waals surface area contributed by atoms with Crippen molar-refractivity contribution in [3.8, 4) is 5.75 Å². The van der Waals surface area contributed by atoms with Crippen molar-refractivity contribution in [1.29, 1.82) is 0 Å². The van der Waals surface area contributed by atoms with E-state index in [1.54, 1.807) is 7.11 Å². The molecule has 2 heterocycles. The molecule has 2 amide bonds. The van der Waals surface area contributed by atoms with E-state index >= 15 is 0 Å². The molecule has 1 aliphatic rings. The van der Waals surface area contributed by atoms with Crippen LogP contribution in [0, 0.1) is 0 Å². The van der Waals surface area contributed by atoms with E-state index in [9.17, 15) is 4.79 Å². The second-order valence-corrected chi connectivity index (χ2v) is 7.79. The van der Waals surface area contributed by atoms with Gasteiger partial charge >= 0.3 is 6.03 Å². The third-order valence-corrected chi connectivity index (χ3v) is 5.43. The van der Waals surface area contributed by atoms with Crippen molar-refractivity contribution in [3.63, 3.8) is 0 Å². The lowest BCUT2D eigenvalue weighted by atomic mass is 10.1. The topological polar surface area (TPSA) is 62.6 Å². The molecule has 2 aromatic rings. The molecule has 0 atom stereocenters. The predicted octanol–water partition coefficient (Wildman–Crippen LogP) is 2.58. The fraction of sp³-hybridized carbons (Fsp3) is 0.545. The van der Waals surface area contributed by atoms with Gasteiger partial charge in [0.25, 0.3) is 0 Å². The zero-order valence-electron chi connectivity index (χ0n) is 17.8. The molecule has 158 valence electrons. The summed E-state index contributed by atoms with van der Waals surface area (Å²) in [7, 11) is 1.66. The van der Waals surface area contributed by atoms with Gasteiger partial charge in [0.15, 0.2) is 0 Å². The maximum atomic E-state index is 12.4. The average Bonchev–Trinajstić information content (AvgIpc) is 3.22. The summed E-state index contributed by atoms with van der Waals surface area (Å²) in [5.74, 6) is 2.42. The van der Waals surface area contributed by atoms with Crippen molar-refractivity contribution in [3.05, 3.63) is 48.0 Å². The lowest BCUT2D eigenvalue weighted by molar-refractivity contribution is 0.136. The van der Waals surface area contributed by atoms with Gasteiger partial charge in [-0.2, -0.15) is 0 Å². The van der Waals surface area contributed by atoms with Gasteiger partial charge < -0.3 is 19.5 Å². The van der Waals surface area contributed by atoms with Crippen molar-refractivity contribution >= 4 is 6.03 Å². The Hall–Kier alpha value is -2.54. The highest BCUT2D eigenvalue weighted by atomic mass is 16.5. The summed E-state index contributed by atoms with van der Waals surface area (Å²) in [5, 5.41) is 3.04. The fourth-order valence-electron chi connectivity index (χ4n) is 3.65. The van der Waals surface area contributed by atoms with E-state index in [0.717, 1.165) is 57.3 Å². The Morgan fingerprint density at radius 3 is 2.52 bits per heavy atom. The van der Waals surface area contributed by atoms with Crippen molar-refractivity contribution in [1.82, 2.24) is 24.7 Å². The standard InChI is InChI=1S/C22H33N5O2/c1-18(2)21-23-10-11-26(21)15-12-25-13-16-27(17-14-25)22(28)24-9-8-19-4-6-20(29-3)7-5-19/h4-7,10-11,18H,8-9,12-17H2,1-3H3,(H,24,28). The highest BCUT2D eigenvalue weighted by Gasteiger charge is 2.20. The Morgan fingerprint density at radius 2 is 1.86 bits per heavy atom. The Kier molecular flexibility index (Phi) is 7.52. The molecule has 0 spiro atoms. The van der Waals surface area contributed by atoms with Gasteiger partial charge in [-0.25, -0.2) is 9.78 Å². The molecule has 3 rings (SSSR count). The molecule has 1 N–H and O–H groups in total. The van der Waals surface area contributed by atoms with Gasteiger partial charge in [0.05, 0.1) is 7.11 Å². The summed E-state index contributed by atoms with van der Waals surface area (Å²) in [6.07, 6.45) is 4.75. The second kappa shape index (κ2) is 10.3. The third kappa shape index (κ3) is 5.97. The van der Waals surface area contributed by atoms with Crippen molar-refractivity contribution in [2.24, 2.45) is 0 Å². The van der Waals surface area contributed by atoms with E-state index in [1.807, 2.05) is 35.4 Å². The molecular formula is C22H33N5O2. The van der Waals surface area contributed by atoms with Crippen LogP contribution in [0.25, 0.3) is 0 Å². The predicted molar refractivity (Wildman–Crippen MR) is 114 cm³/mol. The molecule has 0 bridgehead atoms. The number of amides is 2. The number of benzene rings is 1. The number of hydrogen-bond donors (Lipinski definition) is 1. The van der Waals surface area contributed by atoms with Gasteiger partial charge in [-0.05, 0) is 24.1 Å². The van der Waals surface area contributed by atoms with Crippen molar-refractivity contribution in [2.45, 2.75) is 32.7 Å². The fourth-order valence-corrected chi connectivity index (χ4v) is 3.65. The summed E-state index contributed by atoms with van der Waals surface area (Å²) in [4.78, 5) is 21.2. The summed E-state index contributed by atoms with van der Waals surface area (Å²) >= 11 is 0.